The summed E-state index contributed by atoms with van der Waals surface area (Å²) in [7, 11) is 1.43. The molecular weight excluding hydrogens is 190 g/mol. The van der Waals surface area contributed by atoms with Gasteiger partial charge in [0.25, 0.3) is 0 Å². The number of hydrogen-bond donors (Lipinski definition) is 1. The van der Waals surface area contributed by atoms with Crippen molar-refractivity contribution < 1.29 is 9.53 Å². The van der Waals surface area contributed by atoms with Crippen LogP contribution < -0.4 is 5.32 Å². The Balaban J connectivity index is 2.95. The van der Waals surface area contributed by atoms with Gasteiger partial charge in [-0.25, -0.2) is 0 Å². The monoisotopic (exact) mass is 215 g/mol. The molecule has 0 aliphatic carbocycles. The largest absolute Gasteiger partial charge is 0.469 e. The Labute approximate surface area is 93.6 Å². The molecule has 0 rings (SSSR count). The molecule has 0 saturated heterocycles. The number of carbonyl (C=O) groups is 1. The molecule has 0 aromatic heterocycles. The van der Waals surface area contributed by atoms with Gasteiger partial charge in [0, 0.05) is 6.42 Å². The van der Waals surface area contributed by atoms with Crippen LogP contribution in [0.25, 0.3) is 0 Å². The lowest BCUT2D eigenvalue weighted by Gasteiger charge is -2.03. The molecule has 0 spiro atoms. The molecule has 0 saturated carbocycles. The third kappa shape index (κ3) is 11.4. The van der Waals surface area contributed by atoms with Gasteiger partial charge in [0.1, 0.15) is 0 Å². The predicted octanol–water partition coefficient (Wildman–Crippen LogP) is 2.50. The van der Waals surface area contributed by atoms with E-state index in [0.29, 0.717) is 6.42 Å². The second-order valence-corrected chi connectivity index (χ2v) is 3.84. The van der Waals surface area contributed by atoms with Crippen molar-refractivity contribution in [1.82, 2.24) is 5.32 Å². The molecule has 0 heterocycles. The molecule has 1 N–H and O–H groups in total. The van der Waals surface area contributed by atoms with E-state index < -0.39 is 0 Å². The average molecular weight is 215 g/mol. The SMILES string of the molecule is CCCCCCCNCCCC(=O)OC. The maximum Gasteiger partial charge on any atom is 0.305 e. The van der Waals surface area contributed by atoms with Crippen molar-refractivity contribution in [3.63, 3.8) is 0 Å². The number of rotatable bonds is 10. The predicted molar refractivity (Wildman–Crippen MR) is 62.9 cm³/mol. The normalized spacial score (nSPS) is 10.3. The van der Waals surface area contributed by atoms with Crippen molar-refractivity contribution in [2.24, 2.45) is 0 Å². The number of unbranched alkanes of at least 4 members (excludes halogenated alkanes) is 4. The van der Waals surface area contributed by atoms with Gasteiger partial charge in [-0.05, 0) is 25.9 Å². The first kappa shape index (κ1) is 14.4. The quantitative estimate of drug-likeness (QED) is 0.449. The van der Waals surface area contributed by atoms with Crippen LogP contribution in [0.2, 0.25) is 0 Å². The van der Waals surface area contributed by atoms with Gasteiger partial charge in [-0.3, -0.25) is 4.79 Å². The lowest BCUT2D eigenvalue weighted by Crippen LogP contribution is -2.17. The van der Waals surface area contributed by atoms with Gasteiger partial charge in [0.2, 0.25) is 0 Å². The zero-order valence-electron chi connectivity index (χ0n) is 10.2. The van der Waals surface area contributed by atoms with Crippen molar-refractivity contribution in [3.8, 4) is 0 Å². The second-order valence-electron chi connectivity index (χ2n) is 3.84. The van der Waals surface area contributed by atoms with Crippen LogP contribution in [0.15, 0.2) is 0 Å². The van der Waals surface area contributed by atoms with Gasteiger partial charge in [-0.1, -0.05) is 32.6 Å². The summed E-state index contributed by atoms with van der Waals surface area (Å²) in [4.78, 5) is 10.8. The number of ether oxygens (including phenoxy) is 1. The van der Waals surface area contributed by atoms with Crippen LogP contribution in [0.5, 0.6) is 0 Å². The first-order valence-corrected chi connectivity index (χ1v) is 6.08. The number of esters is 1. The minimum Gasteiger partial charge on any atom is -0.469 e. The Hall–Kier alpha value is -0.570. The molecule has 0 aromatic carbocycles. The lowest BCUT2D eigenvalue weighted by atomic mass is 10.1. The van der Waals surface area contributed by atoms with E-state index in [1.54, 1.807) is 0 Å². The summed E-state index contributed by atoms with van der Waals surface area (Å²) in [6, 6.07) is 0. The summed E-state index contributed by atoms with van der Waals surface area (Å²) in [5.41, 5.74) is 0. The van der Waals surface area contributed by atoms with Gasteiger partial charge in [0.05, 0.1) is 7.11 Å². The Morgan fingerprint density at radius 2 is 1.73 bits per heavy atom. The molecule has 0 aliphatic rings. The van der Waals surface area contributed by atoms with Crippen LogP contribution in [0.4, 0.5) is 0 Å². The zero-order chi connectivity index (χ0) is 11.4. The molecule has 3 nitrogen and oxygen atoms in total. The molecule has 15 heavy (non-hydrogen) atoms. The van der Waals surface area contributed by atoms with E-state index in [4.69, 9.17) is 0 Å². The van der Waals surface area contributed by atoms with Crippen LogP contribution in [-0.2, 0) is 9.53 Å². The highest BCUT2D eigenvalue weighted by Crippen LogP contribution is 2.01. The van der Waals surface area contributed by atoms with Gasteiger partial charge in [0.15, 0.2) is 0 Å². The zero-order valence-corrected chi connectivity index (χ0v) is 10.2. The molecule has 0 unspecified atom stereocenters. The van der Waals surface area contributed by atoms with E-state index in [-0.39, 0.29) is 5.97 Å². The Kier molecular flexibility index (Phi) is 11.1. The molecule has 0 fully saturated rings. The van der Waals surface area contributed by atoms with Crippen molar-refractivity contribution in [3.05, 3.63) is 0 Å². The molecule has 0 aliphatic heterocycles. The minimum absolute atomic E-state index is 0.111. The minimum atomic E-state index is -0.111. The van der Waals surface area contributed by atoms with Crippen molar-refractivity contribution >= 4 is 5.97 Å². The standard InChI is InChI=1S/C12H25NO2/c1-3-4-5-6-7-10-13-11-8-9-12(14)15-2/h13H,3-11H2,1-2H3. The van der Waals surface area contributed by atoms with Gasteiger partial charge >= 0.3 is 5.97 Å². The van der Waals surface area contributed by atoms with E-state index in [1.165, 1.54) is 39.2 Å². The summed E-state index contributed by atoms with van der Waals surface area (Å²) >= 11 is 0. The van der Waals surface area contributed by atoms with Gasteiger partial charge < -0.3 is 10.1 Å². The fraction of sp³-hybridized carbons (Fsp3) is 0.917. The lowest BCUT2D eigenvalue weighted by molar-refractivity contribution is -0.140. The smallest absolute Gasteiger partial charge is 0.305 e. The van der Waals surface area contributed by atoms with E-state index >= 15 is 0 Å². The maximum atomic E-state index is 10.8. The molecule has 90 valence electrons. The van der Waals surface area contributed by atoms with Gasteiger partial charge in [-0.15, -0.1) is 0 Å². The van der Waals surface area contributed by atoms with E-state index in [1.807, 2.05) is 0 Å². The molecule has 0 bridgehead atoms. The fourth-order valence-electron chi connectivity index (χ4n) is 1.44. The van der Waals surface area contributed by atoms with E-state index in [0.717, 1.165) is 19.5 Å². The van der Waals surface area contributed by atoms with E-state index in [2.05, 4.69) is 17.0 Å². The first-order chi connectivity index (χ1) is 7.31. The first-order valence-electron chi connectivity index (χ1n) is 6.08. The van der Waals surface area contributed by atoms with Gasteiger partial charge in [-0.2, -0.15) is 0 Å². The summed E-state index contributed by atoms with van der Waals surface area (Å²) in [6.07, 6.45) is 7.96. The van der Waals surface area contributed by atoms with Crippen LogP contribution in [0, 0.1) is 0 Å². The molecule has 0 atom stereocenters. The molecule has 0 radical (unpaired) electrons. The third-order valence-electron chi connectivity index (χ3n) is 2.42. The molecular formula is C12H25NO2. The second kappa shape index (κ2) is 11.5. The Bertz CT molecular complexity index is 149. The third-order valence-corrected chi connectivity index (χ3v) is 2.42. The maximum absolute atomic E-state index is 10.8. The number of nitrogens with one attached hydrogen (secondary N) is 1. The molecule has 0 aromatic rings. The highest BCUT2D eigenvalue weighted by Gasteiger charge is 1.98. The van der Waals surface area contributed by atoms with Crippen LogP contribution in [0.3, 0.4) is 0 Å². The molecule has 3 heteroatoms. The number of carbonyl (C=O) groups excluding carboxylic acids is 1. The van der Waals surface area contributed by atoms with Crippen molar-refractivity contribution in [1.29, 1.82) is 0 Å². The summed E-state index contributed by atoms with van der Waals surface area (Å²) in [5, 5.41) is 3.33. The highest BCUT2D eigenvalue weighted by atomic mass is 16.5. The topological polar surface area (TPSA) is 38.3 Å². The average Bonchev–Trinajstić information content (AvgIpc) is 2.26. The summed E-state index contributed by atoms with van der Waals surface area (Å²) in [5.74, 6) is -0.111. The van der Waals surface area contributed by atoms with Crippen LogP contribution in [0.1, 0.15) is 51.9 Å². The van der Waals surface area contributed by atoms with Crippen LogP contribution in [-0.4, -0.2) is 26.2 Å². The highest BCUT2D eigenvalue weighted by molar-refractivity contribution is 5.68. The Morgan fingerprint density at radius 3 is 2.40 bits per heavy atom. The fourth-order valence-corrected chi connectivity index (χ4v) is 1.44. The molecule has 0 amide bonds. The summed E-state index contributed by atoms with van der Waals surface area (Å²) in [6.45, 7) is 4.22. The number of hydrogen-bond acceptors (Lipinski definition) is 3. The van der Waals surface area contributed by atoms with Crippen molar-refractivity contribution in [2.45, 2.75) is 51.9 Å². The van der Waals surface area contributed by atoms with Crippen molar-refractivity contribution in [2.75, 3.05) is 20.2 Å². The number of methoxy groups -OCH3 is 1. The Morgan fingerprint density at radius 1 is 1.07 bits per heavy atom. The van der Waals surface area contributed by atoms with Crippen LogP contribution >= 0.6 is 0 Å². The van der Waals surface area contributed by atoms with E-state index in [9.17, 15) is 4.79 Å². The summed E-state index contributed by atoms with van der Waals surface area (Å²) < 4.78 is 4.56.